The van der Waals surface area contributed by atoms with E-state index in [9.17, 15) is 14.4 Å². The molecule has 7 nitrogen and oxygen atoms in total. The van der Waals surface area contributed by atoms with Crippen molar-refractivity contribution in [2.45, 2.75) is 25.8 Å². The summed E-state index contributed by atoms with van der Waals surface area (Å²) in [5.74, 6) is -1.96. The number of nitrogens with one attached hydrogen (secondary N) is 1. The molecule has 2 N–H and O–H groups in total. The van der Waals surface area contributed by atoms with E-state index in [4.69, 9.17) is 9.84 Å². The van der Waals surface area contributed by atoms with E-state index in [1.54, 1.807) is 13.8 Å². The van der Waals surface area contributed by atoms with Gasteiger partial charge in [0.15, 0.2) is 0 Å². The number of carbonyl (C=O) groups excluding carboxylic acids is 2. The number of nitrogens with zero attached hydrogens (tertiary/aromatic N) is 1. The molecule has 30 heavy (non-hydrogen) atoms. The van der Waals surface area contributed by atoms with E-state index in [0.717, 1.165) is 22.3 Å². The number of amides is 2. The van der Waals surface area contributed by atoms with Crippen LogP contribution in [0.1, 0.15) is 30.9 Å². The number of carboxylic acids is 1. The average molecular weight is 410 g/mol. The van der Waals surface area contributed by atoms with E-state index in [2.05, 4.69) is 17.4 Å². The minimum absolute atomic E-state index is 0.0758. The molecule has 2 aromatic carbocycles. The van der Waals surface area contributed by atoms with Crippen molar-refractivity contribution in [2.24, 2.45) is 5.92 Å². The van der Waals surface area contributed by atoms with Crippen LogP contribution in [0.3, 0.4) is 0 Å². The van der Waals surface area contributed by atoms with Crippen LogP contribution in [-0.4, -0.2) is 54.2 Å². The fourth-order valence-electron chi connectivity index (χ4n) is 4.00. The molecule has 0 aromatic heterocycles. The normalized spacial score (nSPS) is 13.3. The number of ether oxygens (including phenoxy) is 1. The molecule has 7 heteroatoms. The maximum Gasteiger partial charge on any atom is 0.410 e. The molecule has 2 aromatic rings. The summed E-state index contributed by atoms with van der Waals surface area (Å²) in [6.45, 7) is 3.23. The number of benzene rings is 2. The standard InChI is InChI=1S/C23H26N2O5/c1-14(2)21(22(28)24-12-20(26)27)25(3)23(29)30-13-19-17-10-6-4-8-15(17)16-9-5-7-11-18(16)19/h4-11,14,19,21H,12-13H2,1-3H3,(H,24,28)(H,26,27). The van der Waals surface area contributed by atoms with E-state index in [-0.39, 0.29) is 18.4 Å². The third kappa shape index (κ3) is 4.30. The molecule has 158 valence electrons. The first-order valence-electron chi connectivity index (χ1n) is 9.88. The molecule has 1 atom stereocenters. The maximum absolute atomic E-state index is 12.7. The maximum atomic E-state index is 12.7. The Balaban J connectivity index is 1.71. The van der Waals surface area contributed by atoms with Gasteiger partial charge in [0.2, 0.25) is 5.91 Å². The summed E-state index contributed by atoms with van der Waals surface area (Å²) in [6, 6.07) is 15.3. The van der Waals surface area contributed by atoms with E-state index in [0.29, 0.717) is 0 Å². The van der Waals surface area contributed by atoms with Crippen molar-refractivity contribution >= 4 is 18.0 Å². The molecule has 1 unspecified atom stereocenters. The van der Waals surface area contributed by atoms with Crippen LogP contribution in [0, 0.1) is 5.92 Å². The predicted molar refractivity (Wildman–Crippen MR) is 112 cm³/mol. The van der Waals surface area contributed by atoms with Crippen LogP contribution < -0.4 is 5.32 Å². The summed E-state index contributed by atoms with van der Waals surface area (Å²) < 4.78 is 5.60. The molecule has 0 fully saturated rings. The van der Waals surface area contributed by atoms with Crippen molar-refractivity contribution in [3.8, 4) is 11.1 Å². The quantitative estimate of drug-likeness (QED) is 0.731. The number of hydrogen-bond donors (Lipinski definition) is 2. The van der Waals surface area contributed by atoms with Crippen molar-refractivity contribution < 1.29 is 24.2 Å². The lowest BCUT2D eigenvalue weighted by Gasteiger charge is -2.29. The Kier molecular flexibility index (Phi) is 6.40. The molecule has 1 aliphatic carbocycles. The van der Waals surface area contributed by atoms with E-state index >= 15 is 0 Å². The third-order valence-electron chi connectivity index (χ3n) is 5.36. The van der Waals surface area contributed by atoms with Gasteiger partial charge in [-0.05, 0) is 28.2 Å². The number of aliphatic carboxylic acids is 1. The Hall–Kier alpha value is -3.35. The lowest BCUT2D eigenvalue weighted by Crippen LogP contribution is -2.51. The topological polar surface area (TPSA) is 95.9 Å². The second-order valence-electron chi connectivity index (χ2n) is 7.72. The van der Waals surface area contributed by atoms with Crippen molar-refractivity contribution in [3.05, 3.63) is 59.7 Å². The van der Waals surface area contributed by atoms with Gasteiger partial charge in [0.05, 0.1) is 0 Å². The highest BCUT2D eigenvalue weighted by Gasteiger charge is 2.33. The van der Waals surface area contributed by atoms with Crippen LogP contribution in [0.2, 0.25) is 0 Å². The van der Waals surface area contributed by atoms with Gasteiger partial charge in [0, 0.05) is 13.0 Å². The highest BCUT2D eigenvalue weighted by Crippen LogP contribution is 2.44. The van der Waals surface area contributed by atoms with Crippen LogP contribution in [0.4, 0.5) is 4.79 Å². The van der Waals surface area contributed by atoms with Crippen LogP contribution in [-0.2, 0) is 14.3 Å². The molecule has 0 radical (unpaired) electrons. The van der Waals surface area contributed by atoms with Crippen LogP contribution in [0.15, 0.2) is 48.5 Å². The first-order chi connectivity index (χ1) is 14.3. The minimum atomic E-state index is -1.14. The van der Waals surface area contributed by atoms with Gasteiger partial charge in [-0.25, -0.2) is 4.79 Å². The van der Waals surface area contributed by atoms with Crippen LogP contribution in [0.25, 0.3) is 11.1 Å². The molecule has 0 saturated carbocycles. The SMILES string of the molecule is CC(C)C(C(=O)NCC(=O)O)N(C)C(=O)OCC1c2ccccc2-c2ccccc21. The molecular formula is C23H26N2O5. The highest BCUT2D eigenvalue weighted by molar-refractivity contribution is 5.88. The van der Waals surface area contributed by atoms with Gasteiger partial charge in [-0.15, -0.1) is 0 Å². The average Bonchev–Trinajstić information content (AvgIpc) is 3.04. The second-order valence-corrected chi connectivity index (χ2v) is 7.72. The van der Waals surface area contributed by atoms with Gasteiger partial charge < -0.3 is 15.2 Å². The summed E-state index contributed by atoms with van der Waals surface area (Å²) in [5, 5.41) is 11.1. The number of rotatable bonds is 7. The number of carboxylic acid groups (broad SMARTS) is 1. The van der Waals surface area contributed by atoms with Gasteiger partial charge in [-0.1, -0.05) is 62.4 Å². The fourth-order valence-corrected chi connectivity index (χ4v) is 4.00. The van der Waals surface area contributed by atoms with Crippen molar-refractivity contribution in [2.75, 3.05) is 20.2 Å². The Morgan fingerprint density at radius 1 is 1.03 bits per heavy atom. The zero-order chi connectivity index (χ0) is 21.8. The third-order valence-corrected chi connectivity index (χ3v) is 5.36. The summed E-state index contributed by atoms with van der Waals surface area (Å²) in [5.41, 5.74) is 4.48. The predicted octanol–water partition coefficient (Wildman–Crippen LogP) is 3.09. The van der Waals surface area contributed by atoms with Crippen LogP contribution in [0.5, 0.6) is 0 Å². The minimum Gasteiger partial charge on any atom is -0.480 e. The Morgan fingerprint density at radius 3 is 2.07 bits per heavy atom. The van der Waals surface area contributed by atoms with Gasteiger partial charge in [-0.3, -0.25) is 14.5 Å². The Morgan fingerprint density at radius 2 is 1.57 bits per heavy atom. The Bertz CT molecular complexity index is 911. The van der Waals surface area contributed by atoms with E-state index < -0.39 is 30.6 Å². The fraction of sp³-hybridized carbons (Fsp3) is 0.348. The summed E-state index contributed by atoms with van der Waals surface area (Å²) in [4.78, 5) is 37.1. The van der Waals surface area contributed by atoms with Crippen molar-refractivity contribution in [1.29, 1.82) is 0 Å². The number of hydrogen-bond acceptors (Lipinski definition) is 4. The van der Waals surface area contributed by atoms with Gasteiger partial charge in [-0.2, -0.15) is 0 Å². The Labute approximate surface area is 175 Å². The first kappa shape index (κ1) is 21.4. The monoisotopic (exact) mass is 410 g/mol. The van der Waals surface area contributed by atoms with Crippen molar-refractivity contribution in [1.82, 2.24) is 10.2 Å². The van der Waals surface area contributed by atoms with Gasteiger partial charge in [0.25, 0.3) is 0 Å². The number of carbonyl (C=O) groups is 3. The molecular weight excluding hydrogens is 384 g/mol. The molecule has 0 aliphatic heterocycles. The molecule has 0 bridgehead atoms. The summed E-state index contributed by atoms with van der Waals surface area (Å²) >= 11 is 0. The summed E-state index contributed by atoms with van der Waals surface area (Å²) in [7, 11) is 1.49. The van der Waals surface area contributed by atoms with E-state index in [1.807, 2.05) is 36.4 Å². The molecule has 2 amide bonds. The van der Waals surface area contributed by atoms with Gasteiger partial charge >= 0.3 is 12.1 Å². The smallest absolute Gasteiger partial charge is 0.410 e. The first-order valence-corrected chi connectivity index (χ1v) is 9.88. The number of likely N-dealkylation sites (N-methyl/N-ethyl adjacent to an activating group) is 1. The second kappa shape index (κ2) is 8.98. The highest BCUT2D eigenvalue weighted by atomic mass is 16.6. The van der Waals surface area contributed by atoms with Crippen molar-refractivity contribution in [3.63, 3.8) is 0 Å². The number of fused-ring (bicyclic) bond motifs is 3. The molecule has 0 saturated heterocycles. The molecule has 0 spiro atoms. The molecule has 3 rings (SSSR count). The molecule has 1 aliphatic rings. The summed E-state index contributed by atoms with van der Waals surface area (Å²) in [6.07, 6.45) is -0.624. The van der Waals surface area contributed by atoms with E-state index in [1.165, 1.54) is 11.9 Å². The van der Waals surface area contributed by atoms with Gasteiger partial charge in [0.1, 0.15) is 19.2 Å². The lowest BCUT2D eigenvalue weighted by atomic mass is 9.98. The lowest BCUT2D eigenvalue weighted by molar-refractivity contribution is -0.139. The molecule has 0 heterocycles. The van der Waals surface area contributed by atoms with Crippen LogP contribution >= 0.6 is 0 Å². The zero-order valence-electron chi connectivity index (χ0n) is 17.3. The zero-order valence-corrected chi connectivity index (χ0v) is 17.3. The largest absolute Gasteiger partial charge is 0.480 e.